The monoisotopic (exact) mass is 331 g/mol. The Balaban J connectivity index is 1.86. The Kier molecular flexibility index (Phi) is 6.04. The van der Waals surface area contributed by atoms with Gasteiger partial charge >= 0.3 is 0 Å². The molecule has 0 bridgehead atoms. The molecule has 1 aromatic heterocycles. The fourth-order valence-corrected chi connectivity index (χ4v) is 2.43. The number of para-hydroxylation sites is 1. The van der Waals surface area contributed by atoms with E-state index in [0.717, 1.165) is 17.1 Å². The zero-order valence-corrected chi connectivity index (χ0v) is 14.5. The Morgan fingerprint density at radius 2 is 2.04 bits per heavy atom. The van der Waals surface area contributed by atoms with E-state index in [1.165, 1.54) is 0 Å². The first-order valence-electron chi connectivity index (χ1n) is 8.19. The highest BCUT2D eigenvalue weighted by molar-refractivity contribution is 5.76. The van der Waals surface area contributed by atoms with Crippen LogP contribution in [0.4, 0.5) is 0 Å². The van der Waals surface area contributed by atoms with Crippen molar-refractivity contribution in [2.24, 2.45) is 0 Å². The van der Waals surface area contributed by atoms with Crippen LogP contribution in [0.3, 0.4) is 0 Å². The number of ether oxygens (including phenoxy) is 1. The van der Waals surface area contributed by atoms with E-state index in [1.54, 1.807) is 19.1 Å². The van der Waals surface area contributed by atoms with E-state index >= 15 is 0 Å². The van der Waals surface area contributed by atoms with Gasteiger partial charge < -0.3 is 19.6 Å². The number of carbonyl (C=O) groups excluding carboxylic acids is 1. The molecule has 0 aliphatic heterocycles. The molecule has 130 valence electrons. The average molecular weight is 331 g/mol. The first-order chi connectivity index (χ1) is 11.4. The highest BCUT2D eigenvalue weighted by Gasteiger charge is 2.27. The molecule has 0 saturated carbocycles. The number of amides is 1. The maximum absolute atomic E-state index is 12.1. The minimum atomic E-state index is -1.23. The number of benzene rings is 1. The van der Waals surface area contributed by atoms with Crippen LogP contribution in [0.2, 0.25) is 0 Å². The van der Waals surface area contributed by atoms with Crippen molar-refractivity contribution in [2.75, 3.05) is 13.2 Å². The van der Waals surface area contributed by atoms with Crippen LogP contribution in [0.5, 0.6) is 5.75 Å². The lowest BCUT2D eigenvalue weighted by atomic mass is 10.0. The third-order valence-electron chi connectivity index (χ3n) is 3.79. The van der Waals surface area contributed by atoms with Crippen molar-refractivity contribution < 1.29 is 19.1 Å². The quantitative estimate of drug-likeness (QED) is 0.780. The van der Waals surface area contributed by atoms with E-state index in [0.29, 0.717) is 25.2 Å². The molecule has 0 spiro atoms. The van der Waals surface area contributed by atoms with Gasteiger partial charge in [-0.25, -0.2) is 0 Å². The summed E-state index contributed by atoms with van der Waals surface area (Å²) in [5.41, 5.74) is -0.226. The molecule has 24 heavy (non-hydrogen) atoms. The number of carbonyl (C=O) groups is 1. The Bertz CT molecular complexity index is 676. The van der Waals surface area contributed by atoms with Crippen LogP contribution in [0.1, 0.15) is 37.4 Å². The predicted octanol–water partition coefficient (Wildman–Crippen LogP) is 2.94. The standard InChI is InChI=1S/C19H25NO4/c1-4-23-16-8-6-5-7-15(16)10-12-18(21)20-13-19(3,22)17-11-9-14(2)24-17/h5-9,11,22H,4,10,12-13H2,1-3H3,(H,20,21). The van der Waals surface area contributed by atoms with Gasteiger partial charge in [0.1, 0.15) is 22.9 Å². The number of furan rings is 1. The summed E-state index contributed by atoms with van der Waals surface area (Å²) in [5.74, 6) is 1.86. The van der Waals surface area contributed by atoms with Crippen molar-refractivity contribution >= 4 is 5.91 Å². The molecule has 1 aromatic carbocycles. The molecule has 0 saturated heterocycles. The Hall–Kier alpha value is -2.27. The van der Waals surface area contributed by atoms with Gasteiger partial charge in [0.2, 0.25) is 5.91 Å². The minimum absolute atomic E-state index is 0.103. The molecule has 1 amide bonds. The molecule has 5 heteroatoms. The van der Waals surface area contributed by atoms with Crippen molar-refractivity contribution in [1.82, 2.24) is 5.32 Å². The van der Waals surface area contributed by atoms with Crippen LogP contribution >= 0.6 is 0 Å². The second kappa shape index (κ2) is 8.02. The Morgan fingerprint density at radius 1 is 1.29 bits per heavy atom. The van der Waals surface area contributed by atoms with Gasteiger partial charge in [0.15, 0.2) is 0 Å². The largest absolute Gasteiger partial charge is 0.494 e. The number of hydrogen-bond donors (Lipinski definition) is 2. The van der Waals surface area contributed by atoms with Crippen molar-refractivity contribution in [3.05, 3.63) is 53.5 Å². The number of nitrogens with one attached hydrogen (secondary N) is 1. The van der Waals surface area contributed by atoms with Crippen LogP contribution in [0.15, 0.2) is 40.8 Å². The molecule has 5 nitrogen and oxygen atoms in total. The van der Waals surface area contributed by atoms with E-state index < -0.39 is 5.60 Å². The Morgan fingerprint density at radius 3 is 2.71 bits per heavy atom. The summed E-state index contributed by atoms with van der Waals surface area (Å²) >= 11 is 0. The highest BCUT2D eigenvalue weighted by Crippen LogP contribution is 2.22. The fourth-order valence-electron chi connectivity index (χ4n) is 2.43. The highest BCUT2D eigenvalue weighted by atomic mass is 16.5. The molecular formula is C19H25NO4. The smallest absolute Gasteiger partial charge is 0.220 e. The average Bonchev–Trinajstić information content (AvgIpc) is 3.00. The summed E-state index contributed by atoms with van der Waals surface area (Å²) in [4.78, 5) is 12.1. The van der Waals surface area contributed by atoms with Gasteiger partial charge in [0.05, 0.1) is 13.2 Å². The van der Waals surface area contributed by atoms with Crippen molar-refractivity contribution in [3.63, 3.8) is 0 Å². The van der Waals surface area contributed by atoms with Gasteiger partial charge in [-0.3, -0.25) is 4.79 Å². The lowest BCUT2D eigenvalue weighted by Crippen LogP contribution is -2.38. The third-order valence-corrected chi connectivity index (χ3v) is 3.79. The summed E-state index contributed by atoms with van der Waals surface area (Å²) < 4.78 is 11.0. The van der Waals surface area contributed by atoms with Gasteiger partial charge in [0, 0.05) is 6.42 Å². The second-order valence-corrected chi connectivity index (χ2v) is 6.00. The van der Waals surface area contributed by atoms with Gasteiger partial charge in [-0.1, -0.05) is 18.2 Å². The zero-order valence-electron chi connectivity index (χ0n) is 14.5. The molecule has 0 radical (unpaired) electrons. The second-order valence-electron chi connectivity index (χ2n) is 6.00. The third kappa shape index (κ3) is 4.86. The molecule has 2 rings (SSSR count). The Labute approximate surface area is 142 Å². The van der Waals surface area contributed by atoms with Gasteiger partial charge in [-0.2, -0.15) is 0 Å². The fraction of sp³-hybridized carbons (Fsp3) is 0.421. The van der Waals surface area contributed by atoms with E-state index in [-0.39, 0.29) is 12.5 Å². The molecule has 1 unspecified atom stereocenters. The molecular weight excluding hydrogens is 306 g/mol. The van der Waals surface area contributed by atoms with Crippen LogP contribution < -0.4 is 10.1 Å². The van der Waals surface area contributed by atoms with E-state index in [2.05, 4.69) is 5.32 Å². The first-order valence-corrected chi connectivity index (χ1v) is 8.19. The number of rotatable bonds is 8. The lowest BCUT2D eigenvalue weighted by molar-refractivity contribution is -0.122. The van der Waals surface area contributed by atoms with Crippen molar-refractivity contribution in [2.45, 2.75) is 39.2 Å². The molecule has 1 heterocycles. The lowest BCUT2D eigenvalue weighted by Gasteiger charge is -2.21. The van der Waals surface area contributed by atoms with Crippen molar-refractivity contribution in [1.29, 1.82) is 0 Å². The normalized spacial score (nSPS) is 13.3. The molecule has 0 aliphatic carbocycles. The maximum Gasteiger partial charge on any atom is 0.220 e. The molecule has 0 fully saturated rings. The molecule has 0 aliphatic rings. The van der Waals surface area contributed by atoms with E-state index in [9.17, 15) is 9.90 Å². The van der Waals surface area contributed by atoms with Crippen LogP contribution in [0.25, 0.3) is 0 Å². The summed E-state index contributed by atoms with van der Waals surface area (Å²) in [6.07, 6.45) is 0.918. The number of aliphatic hydroxyl groups is 1. The van der Waals surface area contributed by atoms with Gasteiger partial charge in [0.25, 0.3) is 0 Å². The molecule has 1 atom stereocenters. The van der Waals surface area contributed by atoms with Crippen LogP contribution in [-0.2, 0) is 16.8 Å². The molecule has 2 N–H and O–H groups in total. The first kappa shape index (κ1) is 18.1. The maximum atomic E-state index is 12.1. The van der Waals surface area contributed by atoms with E-state index in [1.807, 2.05) is 38.1 Å². The zero-order chi connectivity index (χ0) is 17.6. The van der Waals surface area contributed by atoms with Crippen LogP contribution in [-0.4, -0.2) is 24.2 Å². The summed E-state index contributed by atoms with van der Waals surface area (Å²) in [5, 5.41) is 13.2. The summed E-state index contributed by atoms with van der Waals surface area (Å²) in [6, 6.07) is 11.2. The van der Waals surface area contributed by atoms with Crippen LogP contribution in [0, 0.1) is 6.92 Å². The SMILES string of the molecule is CCOc1ccccc1CCC(=O)NCC(C)(O)c1ccc(C)o1. The number of hydrogen-bond acceptors (Lipinski definition) is 4. The van der Waals surface area contributed by atoms with E-state index in [4.69, 9.17) is 9.15 Å². The van der Waals surface area contributed by atoms with Gasteiger partial charge in [-0.15, -0.1) is 0 Å². The predicted molar refractivity (Wildman–Crippen MR) is 92.0 cm³/mol. The number of aryl methyl sites for hydroxylation is 2. The topological polar surface area (TPSA) is 71.7 Å². The van der Waals surface area contributed by atoms with Crippen molar-refractivity contribution in [3.8, 4) is 5.75 Å². The summed E-state index contributed by atoms with van der Waals surface area (Å²) in [7, 11) is 0. The molecule has 2 aromatic rings. The summed E-state index contributed by atoms with van der Waals surface area (Å²) in [6.45, 7) is 6.06. The minimum Gasteiger partial charge on any atom is -0.494 e. The van der Waals surface area contributed by atoms with Gasteiger partial charge in [-0.05, 0) is 51.0 Å².